The number of nitrogens with zero attached hydrogens (tertiary/aromatic N) is 4. The molecule has 1 aliphatic rings. The van der Waals surface area contributed by atoms with Crippen molar-refractivity contribution in [1.29, 1.82) is 0 Å². The number of carboxylic acid groups (broad SMARTS) is 1. The lowest BCUT2D eigenvalue weighted by atomic mass is 9.90. The molecule has 0 aliphatic carbocycles. The average molecular weight is 474 g/mol. The molecule has 9 nitrogen and oxygen atoms in total. The van der Waals surface area contributed by atoms with E-state index in [1.165, 1.54) is 12.1 Å². The molecule has 1 saturated heterocycles. The quantitative estimate of drug-likeness (QED) is 0.540. The van der Waals surface area contributed by atoms with Crippen LogP contribution in [0.4, 0.5) is 0 Å². The number of carbonyl (C=O) groups is 3. The first kappa shape index (κ1) is 24.0. The fourth-order valence-electron chi connectivity index (χ4n) is 4.26. The molecule has 35 heavy (non-hydrogen) atoms. The molecule has 2 aromatic heterocycles. The molecule has 1 aliphatic heterocycles. The standard InChI is InChI=1S/C26H27N5O4/c1-17-28-16-22(25(33)29-15-18-4-2-6-21(12-18)26(34)35)24(30-17)20-7-10-31(11-8-20)23(32)13-19-5-3-9-27-14-19/h2-6,9,12,14,16,20H,7-8,10-11,13,15H2,1H3,(H,29,33)(H,34,35). The van der Waals surface area contributed by atoms with Gasteiger partial charge in [-0.3, -0.25) is 14.6 Å². The van der Waals surface area contributed by atoms with E-state index in [1.54, 1.807) is 37.6 Å². The summed E-state index contributed by atoms with van der Waals surface area (Å²) in [7, 11) is 0. The molecule has 1 fully saturated rings. The van der Waals surface area contributed by atoms with Gasteiger partial charge in [0, 0.05) is 44.1 Å². The number of aromatic carboxylic acids is 1. The highest BCUT2D eigenvalue weighted by atomic mass is 16.4. The fourth-order valence-corrected chi connectivity index (χ4v) is 4.26. The van der Waals surface area contributed by atoms with Gasteiger partial charge in [-0.15, -0.1) is 0 Å². The molecule has 3 heterocycles. The van der Waals surface area contributed by atoms with Crippen LogP contribution in [0.3, 0.4) is 0 Å². The van der Waals surface area contributed by atoms with E-state index in [1.807, 2.05) is 17.0 Å². The number of benzene rings is 1. The highest BCUT2D eigenvalue weighted by Gasteiger charge is 2.28. The Kier molecular flexibility index (Phi) is 7.45. The number of nitrogens with one attached hydrogen (secondary N) is 1. The van der Waals surface area contributed by atoms with Crippen LogP contribution in [0.5, 0.6) is 0 Å². The van der Waals surface area contributed by atoms with Crippen LogP contribution >= 0.6 is 0 Å². The third-order valence-electron chi connectivity index (χ3n) is 6.12. The molecule has 0 atom stereocenters. The Morgan fingerprint density at radius 3 is 2.57 bits per heavy atom. The lowest BCUT2D eigenvalue weighted by Crippen LogP contribution is -2.39. The molecule has 4 rings (SSSR count). The molecule has 2 amide bonds. The summed E-state index contributed by atoms with van der Waals surface area (Å²) in [5.74, 6) is -0.638. The number of likely N-dealkylation sites (tertiary alicyclic amines) is 1. The smallest absolute Gasteiger partial charge is 0.335 e. The molecule has 0 bridgehead atoms. The Morgan fingerprint density at radius 2 is 1.86 bits per heavy atom. The normalized spacial score (nSPS) is 13.9. The number of aryl methyl sites for hydroxylation is 1. The molecular formula is C26H27N5O4. The molecular weight excluding hydrogens is 446 g/mol. The molecule has 0 saturated carbocycles. The summed E-state index contributed by atoms with van der Waals surface area (Å²) in [6.07, 6.45) is 6.66. The first-order chi connectivity index (χ1) is 16.9. The van der Waals surface area contributed by atoms with Gasteiger partial charge in [-0.1, -0.05) is 18.2 Å². The van der Waals surface area contributed by atoms with E-state index in [0.29, 0.717) is 55.0 Å². The van der Waals surface area contributed by atoms with E-state index in [-0.39, 0.29) is 29.8 Å². The molecule has 180 valence electrons. The van der Waals surface area contributed by atoms with E-state index >= 15 is 0 Å². The van der Waals surface area contributed by atoms with Gasteiger partial charge in [0.1, 0.15) is 5.82 Å². The van der Waals surface area contributed by atoms with Gasteiger partial charge in [0.15, 0.2) is 0 Å². The van der Waals surface area contributed by atoms with Crippen LogP contribution in [0, 0.1) is 6.92 Å². The number of piperidine rings is 1. The van der Waals surface area contributed by atoms with Crippen molar-refractivity contribution in [3.63, 3.8) is 0 Å². The third-order valence-corrected chi connectivity index (χ3v) is 6.12. The first-order valence-electron chi connectivity index (χ1n) is 11.5. The van der Waals surface area contributed by atoms with Crippen molar-refractivity contribution in [2.75, 3.05) is 13.1 Å². The van der Waals surface area contributed by atoms with Gasteiger partial charge in [0.2, 0.25) is 5.91 Å². The Labute approximate surface area is 203 Å². The highest BCUT2D eigenvalue weighted by molar-refractivity contribution is 5.95. The van der Waals surface area contributed by atoms with E-state index < -0.39 is 5.97 Å². The van der Waals surface area contributed by atoms with Gasteiger partial charge in [0.25, 0.3) is 5.91 Å². The van der Waals surface area contributed by atoms with Crippen molar-refractivity contribution in [2.45, 2.75) is 38.6 Å². The number of amides is 2. The van der Waals surface area contributed by atoms with Gasteiger partial charge in [-0.05, 0) is 49.1 Å². The summed E-state index contributed by atoms with van der Waals surface area (Å²) >= 11 is 0. The number of hydrogen-bond acceptors (Lipinski definition) is 6. The Hall–Kier alpha value is -4.14. The van der Waals surface area contributed by atoms with Crippen molar-refractivity contribution in [2.24, 2.45) is 0 Å². The van der Waals surface area contributed by atoms with Crippen molar-refractivity contribution >= 4 is 17.8 Å². The Balaban J connectivity index is 1.40. The minimum atomic E-state index is -1.02. The number of carboxylic acids is 1. The minimum absolute atomic E-state index is 0.0373. The monoisotopic (exact) mass is 473 g/mol. The van der Waals surface area contributed by atoms with Gasteiger partial charge >= 0.3 is 5.97 Å². The number of carbonyl (C=O) groups excluding carboxylic acids is 2. The van der Waals surface area contributed by atoms with Crippen molar-refractivity contribution in [3.05, 3.63) is 88.8 Å². The predicted molar refractivity (Wildman–Crippen MR) is 128 cm³/mol. The van der Waals surface area contributed by atoms with Crippen LogP contribution in [-0.2, 0) is 17.8 Å². The number of pyridine rings is 1. The molecule has 0 spiro atoms. The summed E-state index contributed by atoms with van der Waals surface area (Å²) in [5, 5.41) is 12.0. The maximum atomic E-state index is 13.0. The van der Waals surface area contributed by atoms with Crippen LogP contribution in [0.15, 0.2) is 55.0 Å². The highest BCUT2D eigenvalue weighted by Crippen LogP contribution is 2.29. The molecule has 9 heteroatoms. The second-order valence-corrected chi connectivity index (χ2v) is 8.60. The fraction of sp³-hybridized carbons (Fsp3) is 0.308. The molecule has 2 N–H and O–H groups in total. The zero-order chi connectivity index (χ0) is 24.8. The number of aromatic nitrogens is 3. The first-order valence-corrected chi connectivity index (χ1v) is 11.5. The minimum Gasteiger partial charge on any atom is -0.478 e. The molecule has 0 unspecified atom stereocenters. The summed E-state index contributed by atoms with van der Waals surface area (Å²) < 4.78 is 0. The number of rotatable bonds is 7. The Bertz CT molecular complexity index is 1220. The van der Waals surface area contributed by atoms with E-state index in [2.05, 4.69) is 20.3 Å². The van der Waals surface area contributed by atoms with E-state index in [9.17, 15) is 14.4 Å². The predicted octanol–water partition coefficient (Wildman–Crippen LogP) is 2.76. The average Bonchev–Trinajstić information content (AvgIpc) is 2.88. The van der Waals surface area contributed by atoms with Crippen molar-refractivity contribution in [3.8, 4) is 0 Å². The van der Waals surface area contributed by atoms with Crippen LogP contribution < -0.4 is 5.32 Å². The largest absolute Gasteiger partial charge is 0.478 e. The van der Waals surface area contributed by atoms with Crippen molar-refractivity contribution in [1.82, 2.24) is 25.2 Å². The van der Waals surface area contributed by atoms with Crippen LogP contribution in [0.25, 0.3) is 0 Å². The zero-order valence-corrected chi connectivity index (χ0v) is 19.5. The molecule has 1 aromatic carbocycles. The maximum absolute atomic E-state index is 13.0. The van der Waals surface area contributed by atoms with E-state index in [0.717, 1.165) is 5.56 Å². The van der Waals surface area contributed by atoms with Crippen LogP contribution in [-0.4, -0.2) is 55.8 Å². The summed E-state index contributed by atoms with van der Waals surface area (Å²) in [6, 6.07) is 10.2. The molecule has 3 aromatic rings. The van der Waals surface area contributed by atoms with Gasteiger partial charge in [0.05, 0.1) is 23.2 Å². The van der Waals surface area contributed by atoms with E-state index in [4.69, 9.17) is 5.11 Å². The lowest BCUT2D eigenvalue weighted by molar-refractivity contribution is -0.131. The van der Waals surface area contributed by atoms with Gasteiger partial charge in [-0.2, -0.15) is 0 Å². The summed E-state index contributed by atoms with van der Waals surface area (Å²) in [5.41, 5.74) is 2.84. The summed E-state index contributed by atoms with van der Waals surface area (Å²) in [6.45, 7) is 3.16. The lowest BCUT2D eigenvalue weighted by Gasteiger charge is -2.32. The number of hydrogen-bond donors (Lipinski definition) is 2. The zero-order valence-electron chi connectivity index (χ0n) is 19.5. The van der Waals surface area contributed by atoms with Crippen LogP contribution in [0.1, 0.15) is 62.1 Å². The second-order valence-electron chi connectivity index (χ2n) is 8.60. The second kappa shape index (κ2) is 10.9. The summed E-state index contributed by atoms with van der Waals surface area (Å²) in [4.78, 5) is 51.6. The Morgan fingerprint density at radius 1 is 1.09 bits per heavy atom. The molecule has 0 radical (unpaired) electrons. The van der Waals surface area contributed by atoms with Crippen molar-refractivity contribution < 1.29 is 19.5 Å². The SMILES string of the molecule is Cc1ncc(C(=O)NCc2cccc(C(=O)O)c2)c(C2CCN(C(=O)Cc3cccnc3)CC2)n1. The van der Waals surface area contributed by atoms with Gasteiger partial charge < -0.3 is 15.3 Å². The van der Waals surface area contributed by atoms with Crippen LogP contribution in [0.2, 0.25) is 0 Å². The maximum Gasteiger partial charge on any atom is 0.335 e. The van der Waals surface area contributed by atoms with Gasteiger partial charge in [-0.25, -0.2) is 14.8 Å². The topological polar surface area (TPSA) is 125 Å². The third kappa shape index (κ3) is 6.06.